The minimum absolute atomic E-state index is 0.115. The molecule has 3 fully saturated rings. The van der Waals surface area contributed by atoms with Crippen molar-refractivity contribution in [2.75, 3.05) is 16.8 Å². The third kappa shape index (κ3) is 3.38. The molecule has 3 amide bonds. The summed E-state index contributed by atoms with van der Waals surface area (Å²) in [4.78, 5) is 51.6. The molecule has 1 aliphatic heterocycles. The molecule has 1 heterocycles. The molecule has 2 aromatic carbocycles. The predicted molar refractivity (Wildman–Crippen MR) is 117 cm³/mol. The molecule has 2 bridgehead atoms. The molecule has 2 aliphatic carbocycles. The van der Waals surface area contributed by atoms with Crippen molar-refractivity contribution in [3.63, 3.8) is 0 Å². The Labute approximate surface area is 185 Å². The highest BCUT2D eigenvalue weighted by Gasteiger charge is 2.61. The third-order valence-corrected chi connectivity index (χ3v) is 7.04. The van der Waals surface area contributed by atoms with Gasteiger partial charge >= 0.3 is 5.97 Å². The lowest BCUT2D eigenvalue weighted by atomic mass is 9.81. The quantitative estimate of drug-likeness (QED) is 0.578. The fraction of sp³-hybridized carbons (Fsp3) is 0.360. The first-order chi connectivity index (χ1) is 15.4. The van der Waals surface area contributed by atoms with Crippen LogP contribution in [0.5, 0.6) is 0 Å². The average molecular weight is 432 g/mol. The summed E-state index contributed by atoms with van der Waals surface area (Å²) in [6, 6.07) is 13.5. The van der Waals surface area contributed by atoms with Crippen LogP contribution in [0.1, 0.15) is 35.2 Å². The van der Waals surface area contributed by atoms with Crippen molar-refractivity contribution < 1.29 is 23.9 Å². The number of imide groups is 1. The fourth-order valence-corrected chi connectivity index (χ4v) is 5.52. The number of ether oxygens (including phenoxy) is 1. The SMILES string of the molecule is Cc1ccccc1NC(=O)COC(=O)c1ccc(N2C(=O)[C@@H]3[C@H]4CC[C@@H](C4)[C@@H]3C2=O)cc1. The molecule has 7 heteroatoms. The summed E-state index contributed by atoms with van der Waals surface area (Å²) in [5, 5.41) is 2.71. The van der Waals surface area contributed by atoms with Crippen LogP contribution in [0.25, 0.3) is 0 Å². The second-order valence-corrected chi connectivity index (χ2v) is 8.88. The molecule has 1 saturated heterocycles. The number of nitrogens with zero attached hydrogens (tertiary/aromatic N) is 1. The van der Waals surface area contributed by atoms with E-state index in [2.05, 4.69) is 5.32 Å². The van der Waals surface area contributed by atoms with E-state index in [1.54, 1.807) is 18.2 Å². The zero-order valence-electron chi connectivity index (χ0n) is 17.7. The summed E-state index contributed by atoms with van der Waals surface area (Å²) in [6.45, 7) is 1.46. The number of hydrogen-bond donors (Lipinski definition) is 1. The van der Waals surface area contributed by atoms with E-state index in [9.17, 15) is 19.2 Å². The standard InChI is InChI=1S/C25H24N2O5/c1-14-4-2-3-5-19(14)26-20(28)13-32-25(31)15-8-10-18(11-9-15)27-23(29)21-16-6-7-17(12-16)22(21)24(27)30/h2-5,8-11,16-17,21-22H,6-7,12-13H2,1H3,(H,26,28)/t16-,17-,21-,22+/m0/s1. The highest BCUT2D eigenvalue weighted by molar-refractivity contribution is 6.22. The highest BCUT2D eigenvalue weighted by Crippen LogP contribution is 2.56. The number of benzene rings is 2. The number of fused-ring (bicyclic) bond motifs is 5. The minimum atomic E-state index is -0.648. The van der Waals surface area contributed by atoms with Gasteiger partial charge in [-0.15, -0.1) is 0 Å². The lowest BCUT2D eigenvalue weighted by Gasteiger charge is -2.19. The number of para-hydroxylation sites is 1. The highest BCUT2D eigenvalue weighted by atomic mass is 16.5. The van der Waals surface area contributed by atoms with E-state index in [0.717, 1.165) is 24.8 Å². The van der Waals surface area contributed by atoms with Crippen LogP contribution >= 0.6 is 0 Å². The largest absolute Gasteiger partial charge is 0.452 e. The smallest absolute Gasteiger partial charge is 0.338 e. The third-order valence-electron chi connectivity index (χ3n) is 7.04. The number of hydrogen-bond acceptors (Lipinski definition) is 5. The molecule has 32 heavy (non-hydrogen) atoms. The number of nitrogens with one attached hydrogen (secondary N) is 1. The van der Waals surface area contributed by atoms with Gasteiger partial charge in [-0.2, -0.15) is 0 Å². The molecule has 0 spiro atoms. The number of esters is 1. The number of carbonyl (C=O) groups is 4. The van der Waals surface area contributed by atoms with Gasteiger partial charge < -0.3 is 10.1 Å². The zero-order chi connectivity index (χ0) is 22.4. The number of amides is 3. The van der Waals surface area contributed by atoms with Crippen LogP contribution in [0, 0.1) is 30.6 Å². The molecule has 5 rings (SSSR count). The van der Waals surface area contributed by atoms with Gasteiger partial charge in [0.1, 0.15) is 0 Å². The Bertz CT molecular complexity index is 1080. The Morgan fingerprint density at radius 1 is 0.969 bits per heavy atom. The molecule has 164 valence electrons. The van der Waals surface area contributed by atoms with Crippen molar-refractivity contribution in [2.45, 2.75) is 26.2 Å². The van der Waals surface area contributed by atoms with Gasteiger partial charge in [-0.1, -0.05) is 18.2 Å². The molecule has 3 aliphatic rings. The predicted octanol–water partition coefficient (Wildman–Crippen LogP) is 3.33. The van der Waals surface area contributed by atoms with Crippen molar-refractivity contribution in [2.24, 2.45) is 23.7 Å². The first kappa shape index (κ1) is 20.4. The van der Waals surface area contributed by atoms with Crippen LogP contribution in [0.2, 0.25) is 0 Å². The molecule has 2 aromatic rings. The van der Waals surface area contributed by atoms with E-state index in [-0.39, 0.29) is 29.2 Å². The Kier molecular flexibility index (Phi) is 5.04. The van der Waals surface area contributed by atoms with Gasteiger partial charge in [-0.25, -0.2) is 4.79 Å². The molecule has 0 aromatic heterocycles. The fourth-order valence-electron chi connectivity index (χ4n) is 5.52. The van der Waals surface area contributed by atoms with E-state index in [1.165, 1.54) is 17.0 Å². The van der Waals surface area contributed by atoms with Crippen LogP contribution in [0.3, 0.4) is 0 Å². The Morgan fingerprint density at radius 2 is 1.59 bits per heavy atom. The molecule has 1 N–H and O–H groups in total. The van der Waals surface area contributed by atoms with Crippen LogP contribution in [0.15, 0.2) is 48.5 Å². The number of carbonyl (C=O) groups excluding carboxylic acids is 4. The minimum Gasteiger partial charge on any atom is -0.452 e. The number of aryl methyl sites for hydroxylation is 1. The van der Waals surface area contributed by atoms with Crippen molar-refractivity contribution in [3.05, 3.63) is 59.7 Å². The Morgan fingerprint density at radius 3 is 2.22 bits per heavy atom. The number of anilines is 2. The zero-order valence-corrected chi connectivity index (χ0v) is 17.7. The van der Waals surface area contributed by atoms with Crippen LogP contribution < -0.4 is 10.2 Å². The number of rotatable bonds is 5. The van der Waals surface area contributed by atoms with Crippen LogP contribution in [-0.4, -0.2) is 30.3 Å². The van der Waals surface area contributed by atoms with Gasteiger partial charge in [0, 0.05) is 5.69 Å². The van der Waals surface area contributed by atoms with E-state index < -0.39 is 18.5 Å². The summed E-state index contributed by atoms with van der Waals surface area (Å²) in [6.07, 6.45) is 3.05. The second kappa shape index (κ2) is 7.89. The van der Waals surface area contributed by atoms with Gasteiger partial charge in [-0.05, 0) is 73.9 Å². The van der Waals surface area contributed by atoms with Gasteiger partial charge in [0.2, 0.25) is 11.8 Å². The van der Waals surface area contributed by atoms with Crippen molar-refractivity contribution in [1.29, 1.82) is 0 Å². The maximum Gasteiger partial charge on any atom is 0.338 e. The van der Waals surface area contributed by atoms with E-state index in [4.69, 9.17) is 4.74 Å². The average Bonchev–Trinajstić information content (AvgIpc) is 3.47. The summed E-state index contributed by atoms with van der Waals surface area (Å²) in [7, 11) is 0. The van der Waals surface area contributed by atoms with Crippen molar-refractivity contribution in [3.8, 4) is 0 Å². The lowest BCUT2D eigenvalue weighted by molar-refractivity contribution is -0.123. The Balaban J connectivity index is 1.21. The molecule has 7 nitrogen and oxygen atoms in total. The summed E-state index contributed by atoms with van der Waals surface area (Å²) >= 11 is 0. The maximum atomic E-state index is 12.9. The lowest BCUT2D eigenvalue weighted by Crippen LogP contribution is -2.32. The van der Waals surface area contributed by atoms with Crippen molar-refractivity contribution in [1.82, 2.24) is 0 Å². The molecular formula is C25H24N2O5. The monoisotopic (exact) mass is 432 g/mol. The first-order valence-electron chi connectivity index (χ1n) is 10.9. The van der Waals surface area contributed by atoms with E-state index in [0.29, 0.717) is 23.2 Å². The second-order valence-electron chi connectivity index (χ2n) is 8.88. The van der Waals surface area contributed by atoms with E-state index in [1.807, 2.05) is 25.1 Å². The van der Waals surface area contributed by atoms with Gasteiger partial charge in [-0.3, -0.25) is 19.3 Å². The molecule has 0 unspecified atom stereocenters. The van der Waals surface area contributed by atoms with Crippen LogP contribution in [-0.2, 0) is 19.1 Å². The summed E-state index contributed by atoms with van der Waals surface area (Å²) in [5.74, 6) is -1.02. The summed E-state index contributed by atoms with van der Waals surface area (Å²) in [5.41, 5.74) is 2.29. The normalized spacial score (nSPS) is 25.7. The van der Waals surface area contributed by atoms with Gasteiger partial charge in [0.25, 0.3) is 5.91 Å². The maximum absolute atomic E-state index is 12.9. The molecule has 0 radical (unpaired) electrons. The van der Waals surface area contributed by atoms with Crippen molar-refractivity contribution >= 4 is 35.1 Å². The molecule has 4 atom stereocenters. The summed E-state index contributed by atoms with van der Waals surface area (Å²) < 4.78 is 5.11. The topological polar surface area (TPSA) is 92.8 Å². The van der Waals surface area contributed by atoms with Crippen LogP contribution in [0.4, 0.5) is 11.4 Å². The van der Waals surface area contributed by atoms with E-state index >= 15 is 0 Å². The van der Waals surface area contributed by atoms with Gasteiger partial charge in [0.15, 0.2) is 6.61 Å². The molecular weight excluding hydrogens is 408 g/mol. The first-order valence-corrected chi connectivity index (χ1v) is 10.9. The molecule has 2 saturated carbocycles. The van der Waals surface area contributed by atoms with Gasteiger partial charge in [0.05, 0.1) is 23.1 Å². The Hall–Kier alpha value is -3.48.